The molecule has 0 unspecified atom stereocenters. The third kappa shape index (κ3) is 6.26. The molecule has 0 bridgehead atoms. The first-order chi connectivity index (χ1) is 20.9. The number of carbonyl (C=O) groups excluding carboxylic acids is 2. The largest absolute Gasteiger partial charge is 0.495 e. The fraction of sp³-hybridized carbons (Fsp3) is 0.400. The third-order valence-corrected chi connectivity index (χ3v) is 7.77. The molecule has 3 heterocycles. The van der Waals surface area contributed by atoms with Gasteiger partial charge in [0.25, 0.3) is 11.8 Å². The zero-order chi connectivity index (χ0) is 31.8. The van der Waals surface area contributed by atoms with Crippen LogP contribution in [-0.2, 0) is 17.5 Å². The number of rotatable bonds is 8. The summed E-state index contributed by atoms with van der Waals surface area (Å²) in [7, 11) is 6.60. The van der Waals surface area contributed by atoms with Crippen molar-refractivity contribution in [1.82, 2.24) is 25.1 Å². The number of nitrogens with one attached hydrogen (secondary N) is 2. The molecule has 1 aromatic heterocycles. The number of likely N-dealkylation sites (tertiary alicyclic amines) is 1. The van der Waals surface area contributed by atoms with Crippen LogP contribution in [0, 0.1) is 6.92 Å². The minimum absolute atomic E-state index is 0.0453. The molecule has 0 spiro atoms. The average molecular weight is 615 g/mol. The van der Waals surface area contributed by atoms with Crippen molar-refractivity contribution >= 4 is 23.5 Å². The lowest BCUT2D eigenvalue weighted by atomic mass is 10.0. The highest BCUT2D eigenvalue weighted by Gasteiger charge is 2.38. The number of amides is 2. The minimum Gasteiger partial charge on any atom is -0.495 e. The Labute approximate surface area is 252 Å². The Kier molecular flexibility index (Phi) is 8.66. The maximum atomic E-state index is 13.9. The van der Waals surface area contributed by atoms with E-state index in [0.29, 0.717) is 41.7 Å². The first-order valence-corrected chi connectivity index (χ1v) is 13.9. The fourth-order valence-electron chi connectivity index (χ4n) is 5.40. The summed E-state index contributed by atoms with van der Waals surface area (Å²) in [5.41, 5.74) is 0.870. The predicted molar refractivity (Wildman–Crippen MR) is 155 cm³/mol. The van der Waals surface area contributed by atoms with Crippen LogP contribution in [0.2, 0.25) is 0 Å². The topological polar surface area (TPSA) is 118 Å². The van der Waals surface area contributed by atoms with Crippen LogP contribution in [0.25, 0.3) is 0 Å². The predicted octanol–water partition coefficient (Wildman–Crippen LogP) is 4.38. The maximum absolute atomic E-state index is 13.9. The van der Waals surface area contributed by atoms with Crippen molar-refractivity contribution in [3.8, 4) is 17.4 Å². The van der Waals surface area contributed by atoms with Gasteiger partial charge in [0.2, 0.25) is 11.8 Å². The van der Waals surface area contributed by atoms with Crippen LogP contribution in [0.5, 0.6) is 17.4 Å². The Bertz CT molecular complexity index is 1580. The minimum atomic E-state index is -4.83. The number of carbonyl (C=O) groups is 2. The number of aryl methyl sites for hydroxylation is 1. The number of nitrogens with zero attached hydrogens (tertiary/aromatic N) is 4. The molecule has 2 aliphatic heterocycles. The molecule has 1 saturated heterocycles. The maximum Gasteiger partial charge on any atom is 0.423 e. The number of aromatic nitrogens is 2. The van der Waals surface area contributed by atoms with E-state index in [1.54, 1.807) is 45.3 Å². The van der Waals surface area contributed by atoms with Crippen molar-refractivity contribution in [2.24, 2.45) is 0 Å². The molecule has 0 aliphatic carbocycles. The fourth-order valence-corrected chi connectivity index (χ4v) is 5.40. The Morgan fingerprint density at radius 1 is 1.14 bits per heavy atom. The Morgan fingerprint density at radius 2 is 1.91 bits per heavy atom. The molecule has 14 heteroatoms. The Balaban J connectivity index is 1.42. The van der Waals surface area contributed by atoms with Gasteiger partial charge in [0, 0.05) is 39.0 Å². The van der Waals surface area contributed by atoms with E-state index in [2.05, 4.69) is 25.5 Å². The first-order valence-electron chi connectivity index (χ1n) is 13.9. The van der Waals surface area contributed by atoms with Gasteiger partial charge in [0.1, 0.15) is 17.1 Å². The van der Waals surface area contributed by atoms with Gasteiger partial charge in [-0.25, -0.2) is 4.98 Å². The second-order valence-corrected chi connectivity index (χ2v) is 10.9. The highest BCUT2D eigenvalue weighted by molar-refractivity contribution is 6.01. The van der Waals surface area contributed by atoms with Crippen LogP contribution in [0.3, 0.4) is 0 Å². The van der Waals surface area contributed by atoms with E-state index >= 15 is 0 Å². The SMILES string of the molecule is COc1cc(C(=O)N[C@@H]2CCN(C)C[C@H]2OC)c(C)cc1Nc1ncc(C(F)(F)F)c(Oc2cccc3c2C(=O)N(C)C3)n1. The van der Waals surface area contributed by atoms with E-state index in [9.17, 15) is 22.8 Å². The van der Waals surface area contributed by atoms with Gasteiger partial charge in [-0.1, -0.05) is 12.1 Å². The van der Waals surface area contributed by atoms with Crippen LogP contribution in [0.4, 0.5) is 24.8 Å². The van der Waals surface area contributed by atoms with Gasteiger partial charge in [0.15, 0.2) is 0 Å². The molecular formula is C30H33F3N6O5. The zero-order valence-electron chi connectivity index (χ0n) is 24.9. The number of methoxy groups -OCH3 is 2. The van der Waals surface area contributed by atoms with Crippen molar-refractivity contribution in [2.45, 2.75) is 38.2 Å². The molecule has 2 atom stereocenters. The molecule has 11 nitrogen and oxygen atoms in total. The standard InChI is InChI=1S/C30H33F3N6O5/c1-16-11-21(23(42-4)12-18(16)26(40)35-20-9-10-38(2)15-24(20)43-5)36-29-34-13-19(30(31,32)33)27(37-29)44-22-8-6-7-17-14-39(3)28(41)25(17)22/h6-8,11-13,20,24H,9-10,14-15H2,1-5H3,(H,35,40)(H,34,36,37)/t20-,24-/m1/s1. The number of fused-ring (bicyclic) bond motifs is 1. The first kappa shape index (κ1) is 31.0. The van der Waals surface area contributed by atoms with Crippen molar-refractivity contribution in [3.63, 3.8) is 0 Å². The van der Waals surface area contributed by atoms with E-state index in [1.807, 2.05) is 7.05 Å². The van der Waals surface area contributed by atoms with Crippen molar-refractivity contribution in [3.05, 3.63) is 64.3 Å². The molecule has 0 saturated carbocycles. The number of benzene rings is 2. The molecule has 2 amide bonds. The van der Waals surface area contributed by atoms with E-state index in [0.717, 1.165) is 13.0 Å². The summed E-state index contributed by atoms with van der Waals surface area (Å²) in [5.74, 6) is -1.46. The van der Waals surface area contributed by atoms with Crippen LogP contribution < -0.4 is 20.1 Å². The quantitative estimate of drug-likeness (QED) is 0.381. The second-order valence-electron chi connectivity index (χ2n) is 10.9. The lowest BCUT2D eigenvalue weighted by Gasteiger charge is -2.36. The van der Waals surface area contributed by atoms with Gasteiger partial charge in [-0.05, 0) is 56.3 Å². The molecule has 5 rings (SSSR count). The Morgan fingerprint density at radius 3 is 2.61 bits per heavy atom. The van der Waals surface area contributed by atoms with Crippen molar-refractivity contribution < 1.29 is 37.0 Å². The van der Waals surface area contributed by atoms with Crippen molar-refractivity contribution in [2.75, 3.05) is 46.7 Å². The molecule has 1 fully saturated rings. The smallest absolute Gasteiger partial charge is 0.423 e. The number of piperidine rings is 1. The summed E-state index contributed by atoms with van der Waals surface area (Å²) in [6.45, 7) is 3.54. The average Bonchev–Trinajstić information content (AvgIpc) is 3.27. The van der Waals surface area contributed by atoms with Gasteiger partial charge in [-0.3, -0.25) is 9.59 Å². The summed E-state index contributed by atoms with van der Waals surface area (Å²) >= 11 is 0. The Hall–Kier alpha value is -4.43. The zero-order valence-corrected chi connectivity index (χ0v) is 24.9. The van der Waals surface area contributed by atoms with Crippen LogP contribution >= 0.6 is 0 Å². The molecule has 3 aromatic rings. The second kappa shape index (κ2) is 12.3. The van der Waals surface area contributed by atoms with Gasteiger partial charge < -0.3 is 34.6 Å². The van der Waals surface area contributed by atoms with Crippen LogP contribution in [-0.4, -0.2) is 85.1 Å². The van der Waals surface area contributed by atoms with Gasteiger partial charge in [0.05, 0.1) is 30.5 Å². The summed E-state index contributed by atoms with van der Waals surface area (Å²) < 4.78 is 58.5. The van der Waals surface area contributed by atoms with Gasteiger partial charge in [-0.15, -0.1) is 0 Å². The summed E-state index contributed by atoms with van der Waals surface area (Å²) in [4.78, 5) is 37.4. The van der Waals surface area contributed by atoms with Crippen LogP contribution in [0.1, 0.15) is 43.8 Å². The highest BCUT2D eigenvalue weighted by atomic mass is 19.4. The molecular weight excluding hydrogens is 581 g/mol. The van der Waals surface area contributed by atoms with Gasteiger partial charge >= 0.3 is 6.18 Å². The van der Waals surface area contributed by atoms with E-state index in [4.69, 9.17) is 14.2 Å². The van der Waals surface area contributed by atoms with E-state index in [-0.39, 0.29) is 47.0 Å². The number of alkyl halides is 3. The number of halogens is 3. The molecule has 2 aromatic carbocycles. The number of anilines is 2. The highest BCUT2D eigenvalue weighted by Crippen LogP contribution is 2.40. The summed E-state index contributed by atoms with van der Waals surface area (Å²) in [6.07, 6.45) is -3.66. The van der Waals surface area contributed by atoms with E-state index in [1.165, 1.54) is 18.1 Å². The summed E-state index contributed by atoms with van der Waals surface area (Å²) in [5, 5.41) is 5.93. The lowest BCUT2D eigenvalue weighted by Crippen LogP contribution is -2.53. The molecule has 2 aliphatic rings. The number of likely N-dealkylation sites (N-methyl/N-ethyl adjacent to an activating group) is 1. The lowest BCUT2D eigenvalue weighted by molar-refractivity contribution is -0.139. The molecule has 234 valence electrons. The number of hydrogen-bond donors (Lipinski definition) is 2. The number of ether oxygens (including phenoxy) is 3. The van der Waals surface area contributed by atoms with Gasteiger partial charge in [-0.2, -0.15) is 18.2 Å². The van der Waals surface area contributed by atoms with Crippen LogP contribution in [0.15, 0.2) is 36.5 Å². The monoisotopic (exact) mass is 614 g/mol. The van der Waals surface area contributed by atoms with Crippen molar-refractivity contribution in [1.29, 1.82) is 0 Å². The van der Waals surface area contributed by atoms with E-state index < -0.39 is 17.6 Å². The molecule has 44 heavy (non-hydrogen) atoms. The third-order valence-electron chi connectivity index (χ3n) is 7.77. The number of hydrogen-bond acceptors (Lipinski definition) is 9. The molecule has 0 radical (unpaired) electrons. The normalized spacial score (nSPS) is 18.6. The summed E-state index contributed by atoms with van der Waals surface area (Å²) in [6, 6.07) is 7.72. The molecule has 2 N–H and O–H groups in total.